The van der Waals surface area contributed by atoms with Crippen LogP contribution < -0.4 is 24.2 Å². The highest BCUT2D eigenvalue weighted by atomic mass is 35.5. The molecular weight excluding hydrogens is 468 g/mol. The Bertz CT molecular complexity index is 1250. The molecule has 0 heterocycles. The van der Waals surface area contributed by atoms with Gasteiger partial charge in [-0.25, -0.2) is 8.42 Å². The van der Waals surface area contributed by atoms with Gasteiger partial charge in [0.1, 0.15) is 10.6 Å². The first-order valence-electron chi connectivity index (χ1n) is 9.73. The second-order valence-corrected chi connectivity index (χ2v) is 8.91. The number of hydrogen-bond donors (Lipinski definition) is 2. The van der Waals surface area contributed by atoms with Crippen LogP contribution in [-0.2, 0) is 16.6 Å². The van der Waals surface area contributed by atoms with Gasteiger partial charge in [0.05, 0.1) is 26.4 Å². The fraction of sp³-hybridized carbons (Fsp3) is 0.174. The van der Waals surface area contributed by atoms with Crippen LogP contribution in [0.3, 0.4) is 0 Å². The van der Waals surface area contributed by atoms with E-state index >= 15 is 0 Å². The maximum atomic E-state index is 12.9. The van der Waals surface area contributed by atoms with E-state index in [1.807, 2.05) is 0 Å². The number of hydrogen-bond acceptors (Lipinski definition) is 6. The fourth-order valence-electron chi connectivity index (χ4n) is 2.99. The molecule has 0 radical (unpaired) electrons. The average molecular weight is 491 g/mol. The number of methoxy groups -OCH3 is 3. The zero-order valence-electron chi connectivity index (χ0n) is 18.2. The Balaban J connectivity index is 1.76. The zero-order valence-corrected chi connectivity index (χ0v) is 19.8. The lowest BCUT2D eigenvalue weighted by Gasteiger charge is -2.12. The van der Waals surface area contributed by atoms with Crippen LogP contribution >= 0.6 is 11.6 Å². The Hall–Kier alpha value is -3.43. The Labute approximate surface area is 197 Å². The summed E-state index contributed by atoms with van der Waals surface area (Å²) in [4.78, 5) is 12.5. The van der Waals surface area contributed by atoms with E-state index in [9.17, 15) is 13.2 Å². The number of ether oxygens (including phenoxy) is 3. The Morgan fingerprint density at radius 3 is 2.21 bits per heavy atom. The van der Waals surface area contributed by atoms with Crippen molar-refractivity contribution >= 4 is 33.2 Å². The number of anilines is 1. The quantitative estimate of drug-likeness (QED) is 0.468. The van der Waals surface area contributed by atoms with Gasteiger partial charge in [-0.1, -0.05) is 17.7 Å². The third kappa shape index (κ3) is 5.88. The molecule has 10 heteroatoms. The van der Waals surface area contributed by atoms with Crippen LogP contribution in [0.2, 0.25) is 5.02 Å². The van der Waals surface area contributed by atoms with Crippen molar-refractivity contribution in [1.82, 2.24) is 5.32 Å². The largest absolute Gasteiger partial charge is 0.497 e. The molecule has 2 N–H and O–H groups in total. The number of rotatable bonds is 9. The highest BCUT2D eigenvalue weighted by Crippen LogP contribution is 2.28. The molecule has 0 aliphatic heterocycles. The minimum atomic E-state index is -4.04. The lowest BCUT2D eigenvalue weighted by atomic mass is 10.1. The molecule has 0 aromatic heterocycles. The summed E-state index contributed by atoms with van der Waals surface area (Å²) in [6, 6.07) is 15.7. The van der Waals surface area contributed by atoms with Crippen LogP contribution in [0, 0.1) is 0 Å². The molecule has 0 fully saturated rings. The monoisotopic (exact) mass is 490 g/mol. The zero-order chi connectivity index (χ0) is 24.0. The van der Waals surface area contributed by atoms with Crippen LogP contribution in [0.1, 0.15) is 15.9 Å². The molecule has 0 aliphatic carbocycles. The average Bonchev–Trinajstić information content (AvgIpc) is 2.82. The van der Waals surface area contributed by atoms with E-state index in [2.05, 4.69) is 10.0 Å². The van der Waals surface area contributed by atoms with Gasteiger partial charge >= 0.3 is 0 Å². The molecular formula is C23H23ClN2O6S. The highest BCUT2D eigenvalue weighted by molar-refractivity contribution is 7.92. The summed E-state index contributed by atoms with van der Waals surface area (Å²) in [5, 5.41) is 2.75. The molecule has 3 rings (SSSR count). The molecule has 3 aromatic carbocycles. The van der Waals surface area contributed by atoms with Gasteiger partial charge in [0.25, 0.3) is 15.9 Å². The van der Waals surface area contributed by atoms with E-state index in [-0.39, 0.29) is 22.0 Å². The molecule has 0 spiro atoms. The van der Waals surface area contributed by atoms with Gasteiger partial charge in [0.2, 0.25) is 0 Å². The molecule has 0 atom stereocenters. The first-order chi connectivity index (χ1) is 15.8. The summed E-state index contributed by atoms with van der Waals surface area (Å²) in [5.41, 5.74) is 1.26. The second kappa shape index (κ2) is 10.5. The molecule has 0 saturated heterocycles. The Kier molecular flexibility index (Phi) is 7.67. The minimum absolute atomic E-state index is 0.00699. The molecule has 174 valence electrons. The lowest BCUT2D eigenvalue weighted by Crippen LogP contribution is -2.23. The summed E-state index contributed by atoms with van der Waals surface area (Å²) in [5.74, 6) is 1.24. The standard InChI is InChI=1S/C23H23ClN2O6S/c1-30-18-8-6-17(7-9-18)26-33(28,29)22-13-16(5-10-19(22)24)23(27)25-14-15-4-11-20(31-2)21(12-15)32-3/h4-13,26H,14H2,1-3H3,(H,25,27). The number of amides is 1. The summed E-state index contributed by atoms with van der Waals surface area (Å²) in [7, 11) is 0.538. The first kappa shape index (κ1) is 24.2. The highest BCUT2D eigenvalue weighted by Gasteiger charge is 2.20. The number of sulfonamides is 1. The smallest absolute Gasteiger partial charge is 0.263 e. The Morgan fingerprint density at radius 1 is 0.879 bits per heavy atom. The van der Waals surface area contributed by atoms with E-state index in [4.69, 9.17) is 25.8 Å². The topological polar surface area (TPSA) is 103 Å². The van der Waals surface area contributed by atoms with Crippen LogP contribution in [-0.4, -0.2) is 35.7 Å². The van der Waals surface area contributed by atoms with Crippen LogP contribution in [0.5, 0.6) is 17.2 Å². The van der Waals surface area contributed by atoms with Crippen molar-refractivity contribution in [3.05, 3.63) is 76.8 Å². The van der Waals surface area contributed by atoms with Gasteiger partial charge in [-0.15, -0.1) is 0 Å². The summed E-state index contributed by atoms with van der Waals surface area (Å²) < 4.78 is 43.7. The third-order valence-corrected chi connectivity index (χ3v) is 6.59. The minimum Gasteiger partial charge on any atom is -0.497 e. The number of nitrogens with one attached hydrogen (secondary N) is 2. The van der Waals surface area contributed by atoms with Crippen LogP contribution in [0.25, 0.3) is 0 Å². The van der Waals surface area contributed by atoms with E-state index in [1.54, 1.807) is 42.5 Å². The van der Waals surface area contributed by atoms with Gasteiger partial charge in [-0.3, -0.25) is 9.52 Å². The summed E-state index contributed by atoms with van der Waals surface area (Å²) in [6.45, 7) is 0.202. The van der Waals surface area contributed by atoms with E-state index in [1.165, 1.54) is 39.5 Å². The molecule has 0 unspecified atom stereocenters. The molecule has 0 saturated carbocycles. The predicted molar refractivity (Wildman–Crippen MR) is 126 cm³/mol. The molecule has 3 aromatic rings. The van der Waals surface area contributed by atoms with E-state index < -0.39 is 15.9 Å². The molecule has 0 bridgehead atoms. The predicted octanol–water partition coefficient (Wildman–Crippen LogP) is 4.10. The van der Waals surface area contributed by atoms with Gasteiger partial charge < -0.3 is 19.5 Å². The van der Waals surface area contributed by atoms with Crippen LogP contribution in [0.4, 0.5) is 5.69 Å². The van der Waals surface area contributed by atoms with E-state index in [0.29, 0.717) is 22.9 Å². The van der Waals surface area contributed by atoms with Crippen LogP contribution in [0.15, 0.2) is 65.6 Å². The maximum Gasteiger partial charge on any atom is 0.263 e. The molecule has 8 nitrogen and oxygen atoms in total. The van der Waals surface area contributed by atoms with Gasteiger partial charge in [-0.05, 0) is 60.2 Å². The third-order valence-electron chi connectivity index (χ3n) is 4.73. The van der Waals surface area contributed by atoms with Crippen molar-refractivity contribution < 1.29 is 27.4 Å². The number of benzene rings is 3. The van der Waals surface area contributed by atoms with Crippen molar-refractivity contribution in [2.24, 2.45) is 0 Å². The van der Waals surface area contributed by atoms with Crippen molar-refractivity contribution in [2.75, 3.05) is 26.1 Å². The number of carbonyl (C=O) groups excluding carboxylic acids is 1. The maximum absolute atomic E-state index is 12.9. The normalized spacial score (nSPS) is 10.9. The first-order valence-corrected chi connectivity index (χ1v) is 11.6. The van der Waals surface area contributed by atoms with Crippen molar-refractivity contribution in [1.29, 1.82) is 0 Å². The Morgan fingerprint density at radius 2 is 1.58 bits per heavy atom. The van der Waals surface area contributed by atoms with Crippen molar-refractivity contribution in [3.63, 3.8) is 0 Å². The fourth-order valence-corrected chi connectivity index (χ4v) is 4.58. The van der Waals surface area contributed by atoms with Gasteiger partial charge in [0.15, 0.2) is 11.5 Å². The molecule has 0 aliphatic rings. The van der Waals surface area contributed by atoms with Gasteiger partial charge in [0, 0.05) is 17.8 Å². The lowest BCUT2D eigenvalue weighted by molar-refractivity contribution is 0.0950. The SMILES string of the molecule is COc1ccc(NS(=O)(=O)c2cc(C(=O)NCc3ccc(OC)c(OC)c3)ccc2Cl)cc1. The van der Waals surface area contributed by atoms with Crippen molar-refractivity contribution in [2.45, 2.75) is 11.4 Å². The van der Waals surface area contributed by atoms with Gasteiger partial charge in [-0.2, -0.15) is 0 Å². The second-order valence-electron chi connectivity index (χ2n) is 6.85. The number of carbonyl (C=O) groups is 1. The van der Waals surface area contributed by atoms with E-state index in [0.717, 1.165) is 5.56 Å². The summed E-state index contributed by atoms with van der Waals surface area (Å²) >= 11 is 6.14. The molecule has 33 heavy (non-hydrogen) atoms. The number of halogens is 1. The summed E-state index contributed by atoms with van der Waals surface area (Å²) in [6.07, 6.45) is 0. The molecule has 1 amide bonds. The van der Waals surface area contributed by atoms with Crippen molar-refractivity contribution in [3.8, 4) is 17.2 Å².